The van der Waals surface area contributed by atoms with Crippen molar-refractivity contribution in [1.82, 2.24) is 5.32 Å². The highest BCUT2D eigenvalue weighted by Crippen LogP contribution is 2.22. The molecule has 0 saturated carbocycles. The molecule has 1 unspecified atom stereocenters. The zero-order valence-electron chi connectivity index (χ0n) is 12.1. The highest BCUT2D eigenvalue weighted by Gasteiger charge is 2.23. The number of benzene rings is 2. The number of hydrogen-bond acceptors (Lipinski definition) is 3. The van der Waals surface area contributed by atoms with E-state index in [0.717, 1.165) is 11.1 Å². The van der Waals surface area contributed by atoms with Gasteiger partial charge in [0.2, 0.25) is 0 Å². The van der Waals surface area contributed by atoms with Gasteiger partial charge in [0.05, 0.1) is 6.54 Å². The molecule has 2 aromatic rings. The molecule has 1 saturated heterocycles. The van der Waals surface area contributed by atoms with Crippen molar-refractivity contribution in [3.63, 3.8) is 0 Å². The van der Waals surface area contributed by atoms with E-state index in [-0.39, 0.29) is 12.0 Å². The van der Waals surface area contributed by atoms with Gasteiger partial charge in [0.1, 0.15) is 6.10 Å². The van der Waals surface area contributed by atoms with Gasteiger partial charge in [-0.15, -0.1) is 0 Å². The molecule has 112 valence electrons. The third-order valence-electron chi connectivity index (χ3n) is 3.61. The van der Waals surface area contributed by atoms with E-state index >= 15 is 0 Å². The summed E-state index contributed by atoms with van der Waals surface area (Å²) in [5.41, 5.74) is 3.18. The fraction of sp³-hybridized carbons (Fsp3) is 0.176. The lowest BCUT2D eigenvalue weighted by Gasteiger charge is -2.10. The van der Waals surface area contributed by atoms with E-state index in [9.17, 15) is 9.59 Å². The Bertz CT molecular complexity index is 710. The second-order valence-electron chi connectivity index (χ2n) is 5.17. The van der Waals surface area contributed by atoms with Gasteiger partial charge in [0.15, 0.2) is 0 Å². The Morgan fingerprint density at radius 2 is 1.91 bits per heavy atom. The average Bonchev–Trinajstić information content (AvgIpc) is 2.95. The van der Waals surface area contributed by atoms with Crippen LogP contribution in [0, 0.1) is 6.92 Å². The number of cyclic esters (lactones) is 1. The summed E-state index contributed by atoms with van der Waals surface area (Å²) in [4.78, 5) is 23.3. The summed E-state index contributed by atoms with van der Waals surface area (Å²) in [6, 6.07) is 14.7. The molecule has 2 N–H and O–H groups in total. The number of hydrogen-bond donors (Lipinski definition) is 2. The number of ether oxygens (including phenoxy) is 1. The molecule has 1 atom stereocenters. The van der Waals surface area contributed by atoms with E-state index < -0.39 is 6.09 Å². The molecule has 0 bridgehead atoms. The van der Waals surface area contributed by atoms with Crippen molar-refractivity contribution in [1.29, 1.82) is 0 Å². The molecule has 2 aromatic carbocycles. The standard InChI is InChI=1S/C17H16N2O3/c1-11-4-2-3-5-14(11)16(20)19-13-8-6-12(7-9-13)15-10-18-17(21)22-15/h2-9,15H,10H2,1H3,(H,18,21)(H,19,20). The van der Waals surface area contributed by atoms with Crippen molar-refractivity contribution >= 4 is 17.7 Å². The van der Waals surface area contributed by atoms with Crippen LogP contribution in [0.1, 0.15) is 27.6 Å². The molecule has 1 fully saturated rings. The first-order chi connectivity index (χ1) is 10.6. The molecule has 3 rings (SSSR count). The second kappa shape index (κ2) is 5.89. The first-order valence-corrected chi connectivity index (χ1v) is 7.05. The highest BCUT2D eigenvalue weighted by molar-refractivity contribution is 6.05. The van der Waals surface area contributed by atoms with Crippen LogP contribution in [0.5, 0.6) is 0 Å². The third-order valence-corrected chi connectivity index (χ3v) is 3.61. The Kier molecular flexibility index (Phi) is 3.78. The monoisotopic (exact) mass is 296 g/mol. The van der Waals surface area contributed by atoms with Crippen molar-refractivity contribution < 1.29 is 14.3 Å². The predicted octanol–water partition coefficient (Wildman–Crippen LogP) is 3.03. The summed E-state index contributed by atoms with van der Waals surface area (Å²) in [5, 5.41) is 5.48. The Labute approximate surface area is 128 Å². The van der Waals surface area contributed by atoms with Crippen LogP contribution in [-0.4, -0.2) is 18.5 Å². The quantitative estimate of drug-likeness (QED) is 0.915. The lowest BCUT2D eigenvalue weighted by molar-refractivity contribution is 0.102. The van der Waals surface area contributed by atoms with Crippen molar-refractivity contribution in [2.24, 2.45) is 0 Å². The fourth-order valence-corrected chi connectivity index (χ4v) is 2.38. The van der Waals surface area contributed by atoms with Gasteiger partial charge in [-0.3, -0.25) is 4.79 Å². The molecule has 1 heterocycles. The summed E-state index contributed by atoms with van der Waals surface area (Å²) >= 11 is 0. The van der Waals surface area contributed by atoms with Crippen LogP contribution in [-0.2, 0) is 4.74 Å². The van der Waals surface area contributed by atoms with Gasteiger partial charge in [-0.1, -0.05) is 30.3 Å². The van der Waals surface area contributed by atoms with Gasteiger partial charge in [-0.05, 0) is 36.2 Å². The SMILES string of the molecule is Cc1ccccc1C(=O)Nc1ccc(C2CNC(=O)O2)cc1. The minimum absolute atomic E-state index is 0.139. The van der Waals surface area contributed by atoms with Gasteiger partial charge >= 0.3 is 6.09 Å². The van der Waals surface area contributed by atoms with E-state index in [0.29, 0.717) is 17.8 Å². The summed E-state index contributed by atoms with van der Waals surface area (Å²) in [6.07, 6.45) is -0.671. The van der Waals surface area contributed by atoms with Gasteiger partial charge in [0.25, 0.3) is 5.91 Å². The Morgan fingerprint density at radius 1 is 1.18 bits per heavy atom. The van der Waals surface area contributed by atoms with Crippen molar-refractivity contribution in [3.05, 3.63) is 65.2 Å². The minimum atomic E-state index is -0.401. The molecular weight excluding hydrogens is 280 g/mol. The average molecular weight is 296 g/mol. The zero-order valence-corrected chi connectivity index (χ0v) is 12.1. The summed E-state index contributed by atoms with van der Waals surface area (Å²) in [5.74, 6) is -0.139. The first kappa shape index (κ1) is 14.1. The van der Waals surface area contributed by atoms with Crippen molar-refractivity contribution in [2.75, 3.05) is 11.9 Å². The van der Waals surface area contributed by atoms with Crippen LogP contribution in [0.4, 0.5) is 10.5 Å². The molecule has 5 nitrogen and oxygen atoms in total. The normalized spacial score (nSPS) is 16.8. The lowest BCUT2D eigenvalue weighted by atomic mass is 10.1. The maximum absolute atomic E-state index is 12.2. The van der Waals surface area contributed by atoms with Gasteiger partial charge < -0.3 is 15.4 Å². The van der Waals surface area contributed by atoms with Crippen LogP contribution >= 0.6 is 0 Å². The number of carbonyl (C=O) groups excluding carboxylic acids is 2. The van der Waals surface area contributed by atoms with E-state index in [1.807, 2.05) is 37.3 Å². The predicted molar refractivity (Wildman–Crippen MR) is 82.8 cm³/mol. The third kappa shape index (κ3) is 2.93. The fourth-order valence-electron chi connectivity index (χ4n) is 2.38. The summed E-state index contributed by atoms with van der Waals surface area (Å²) in [7, 11) is 0. The molecule has 0 spiro atoms. The topological polar surface area (TPSA) is 67.4 Å². The molecule has 22 heavy (non-hydrogen) atoms. The number of nitrogens with one attached hydrogen (secondary N) is 2. The molecule has 1 aliphatic rings. The van der Waals surface area contributed by atoms with Gasteiger partial charge in [-0.2, -0.15) is 0 Å². The molecule has 5 heteroatoms. The van der Waals surface area contributed by atoms with E-state index in [2.05, 4.69) is 10.6 Å². The van der Waals surface area contributed by atoms with Crippen molar-refractivity contribution in [2.45, 2.75) is 13.0 Å². The maximum Gasteiger partial charge on any atom is 0.407 e. The van der Waals surface area contributed by atoms with Crippen LogP contribution in [0.15, 0.2) is 48.5 Å². The van der Waals surface area contributed by atoms with Crippen LogP contribution in [0.2, 0.25) is 0 Å². The molecule has 1 aliphatic heterocycles. The zero-order chi connectivity index (χ0) is 15.5. The summed E-state index contributed by atoms with van der Waals surface area (Å²) < 4.78 is 5.12. The lowest BCUT2D eigenvalue weighted by Crippen LogP contribution is -2.13. The highest BCUT2D eigenvalue weighted by atomic mass is 16.6. The number of amides is 2. The maximum atomic E-state index is 12.2. The summed E-state index contributed by atoms with van der Waals surface area (Å²) in [6.45, 7) is 2.37. The molecule has 0 aromatic heterocycles. The molecule has 2 amide bonds. The molecule has 0 radical (unpaired) electrons. The molecule has 0 aliphatic carbocycles. The smallest absolute Gasteiger partial charge is 0.407 e. The number of alkyl carbamates (subject to hydrolysis) is 1. The van der Waals surface area contributed by atoms with Gasteiger partial charge in [-0.25, -0.2) is 4.79 Å². The van der Waals surface area contributed by atoms with Gasteiger partial charge in [0, 0.05) is 11.3 Å². The van der Waals surface area contributed by atoms with E-state index in [1.165, 1.54) is 0 Å². The number of rotatable bonds is 3. The van der Waals surface area contributed by atoms with Crippen LogP contribution < -0.4 is 10.6 Å². The number of anilines is 1. The largest absolute Gasteiger partial charge is 0.439 e. The number of carbonyl (C=O) groups is 2. The Morgan fingerprint density at radius 3 is 2.55 bits per heavy atom. The minimum Gasteiger partial charge on any atom is -0.439 e. The second-order valence-corrected chi connectivity index (χ2v) is 5.17. The van der Waals surface area contributed by atoms with Crippen molar-refractivity contribution in [3.8, 4) is 0 Å². The van der Waals surface area contributed by atoms with Crippen LogP contribution in [0.25, 0.3) is 0 Å². The van der Waals surface area contributed by atoms with E-state index in [4.69, 9.17) is 4.74 Å². The molecular formula is C17H16N2O3. The van der Waals surface area contributed by atoms with Crippen LogP contribution in [0.3, 0.4) is 0 Å². The Balaban J connectivity index is 1.70. The number of aryl methyl sites for hydroxylation is 1. The Hall–Kier alpha value is -2.82. The van der Waals surface area contributed by atoms with E-state index in [1.54, 1.807) is 18.2 Å². The first-order valence-electron chi connectivity index (χ1n) is 7.05.